The summed E-state index contributed by atoms with van der Waals surface area (Å²) in [6.07, 6.45) is 0.385. The quantitative estimate of drug-likeness (QED) is 0.443. The number of anilines is 3. The molecular formula is C19H15F4N7O. The van der Waals surface area contributed by atoms with Crippen LogP contribution in [0.15, 0.2) is 36.4 Å². The van der Waals surface area contributed by atoms with Gasteiger partial charge in [-0.15, -0.1) is 0 Å². The molecule has 2 aromatic heterocycles. The predicted octanol–water partition coefficient (Wildman–Crippen LogP) is 3.98. The highest BCUT2D eigenvalue weighted by Crippen LogP contribution is 2.25. The van der Waals surface area contributed by atoms with Crippen LogP contribution in [0.25, 0.3) is 17.0 Å². The van der Waals surface area contributed by atoms with Gasteiger partial charge in [-0.05, 0) is 24.3 Å². The number of fused-ring (bicyclic) bond motifs is 1. The number of benzene rings is 2. The molecule has 0 aliphatic rings. The second-order valence-corrected chi connectivity index (χ2v) is 6.32. The lowest BCUT2D eigenvalue weighted by Crippen LogP contribution is -2.11. The number of imidazole rings is 1. The van der Waals surface area contributed by atoms with Crippen molar-refractivity contribution in [2.45, 2.75) is 20.0 Å². The van der Waals surface area contributed by atoms with Crippen LogP contribution in [0, 0.1) is 11.6 Å². The van der Waals surface area contributed by atoms with Gasteiger partial charge in [0.1, 0.15) is 22.9 Å². The third-order valence-electron chi connectivity index (χ3n) is 4.24. The maximum absolute atomic E-state index is 14.2. The summed E-state index contributed by atoms with van der Waals surface area (Å²) >= 11 is 0. The molecule has 4 rings (SSSR count). The van der Waals surface area contributed by atoms with Gasteiger partial charge < -0.3 is 15.8 Å². The maximum Gasteiger partial charge on any atom is 0.387 e. The van der Waals surface area contributed by atoms with Gasteiger partial charge in [0.05, 0.1) is 5.52 Å². The third-order valence-corrected chi connectivity index (χ3v) is 4.24. The molecule has 0 bridgehead atoms. The Kier molecular flexibility index (Phi) is 5.28. The summed E-state index contributed by atoms with van der Waals surface area (Å²) in [5.41, 5.74) is 6.38. The van der Waals surface area contributed by atoms with Gasteiger partial charge in [-0.2, -0.15) is 23.7 Å². The summed E-state index contributed by atoms with van der Waals surface area (Å²) in [7, 11) is 0. The zero-order valence-electron chi connectivity index (χ0n) is 16.0. The van der Waals surface area contributed by atoms with Crippen LogP contribution in [0.5, 0.6) is 5.75 Å². The summed E-state index contributed by atoms with van der Waals surface area (Å²) in [5, 5.41) is 2.87. The van der Waals surface area contributed by atoms with Crippen molar-refractivity contribution in [3.8, 4) is 11.7 Å². The van der Waals surface area contributed by atoms with Crippen molar-refractivity contribution in [2.75, 3.05) is 11.1 Å². The van der Waals surface area contributed by atoms with Crippen molar-refractivity contribution in [2.24, 2.45) is 0 Å². The SMILES string of the molecule is CCc1nc2c(F)cc(F)cc2n1-c1nc(N)nc(Nc2ccc(OC(F)F)cc2)n1. The Labute approximate surface area is 172 Å². The van der Waals surface area contributed by atoms with Crippen molar-refractivity contribution in [1.29, 1.82) is 0 Å². The van der Waals surface area contributed by atoms with Crippen molar-refractivity contribution in [3.63, 3.8) is 0 Å². The first-order chi connectivity index (χ1) is 14.8. The summed E-state index contributed by atoms with van der Waals surface area (Å²) in [5.74, 6) is -1.31. The van der Waals surface area contributed by atoms with Gasteiger partial charge in [0.15, 0.2) is 5.82 Å². The van der Waals surface area contributed by atoms with Gasteiger partial charge in [0.2, 0.25) is 17.8 Å². The first-order valence-electron chi connectivity index (χ1n) is 9.04. The number of alkyl halides is 2. The number of hydrogen-bond donors (Lipinski definition) is 2. The van der Waals surface area contributed by atoms with Crippen LogP contribution in [-0.4, -0.2) is 31.1 Å². The Bertz CT molecular complexity index is 1240. The number of aryl methyl sites for hydroxylation is 1. The summed E-state index contributed by atoms with van der Waals surface area (Å²) in [4.78, 5) is 16.5. The lowest BCUT2D eigenvalue weighted by molar-refractivity contribution is -0.0498. The number of rotatable bonds is 6. The number of nitrogens with zero attached hydrogens (tertiary/aromatic N) is 5. The third kappa shape index (κ3) is 4.17. The topological polar surface area (TPSA) is 104 Å². The van der Waals surface area contributed by atoms with E-state index < -0.39 is 18.2 Å². The van der Waals surface area contributed by atoms with Crippen LogP contribution in [0.2, 0.25) is 0 Å². The number of ether oxygens (including phenoxy) is 1. The molecule has 3 N–H and O–H groups in total. The number of hydrogen-bond acceptors (Lipinski definition) is 7. The smallest absolute Gasteiger partial charge is 0.387 e. The van der Waals surface area contributed by atoms with E-state index in [2.05, 4.69) is 30.0 Å². The van der Waals surface area contributed by atoms with Crippen LogP contribution in [0.3, 0.4) is 0 Å². The van der Waals surface area contributed by atoms with E-state index >= 15 is 0 Å². The zero-order chi connectivity index (χ0) is 22.1. The van der Waals surface area contributed by atoms with E-state index in [-0.39, 0.29) is 34.6 Å². The number of aromatic nitrogens is 5. The molecule has 0 spiro atoms. The minimum Gasteiger partial charge on any atom is -0.435 e. The molecule has 0 amide bonds. The molecule has 31 heavy (non-hydrogen) atoms. The van der Waals surface area contributed by atoms with E-state index in [9.17, 15) is 17.6 Å². The fraction of sp³-hybridized carbons (Fsp3) is 0.158. The molecule has 0 saturated carbocycles. The van der Waals surface area contributed by atoms with Gasteiger partial charge in [0, 0.05) is 24.2 Å². The van der Waals surface area contributed by atoms with Crippen molar-refractivity contribution in [1.82, 2.24) is 24.5 Å². The van der Waals surface area contributed by atoms with E-state index in [4.69, 9.17) is 5.73 Å². The molecule has 0 saturated heterocycles. The summed E-state index contributed by atoms with van der Waals surface area (Å²) in [6.45, 7) is -1.14. The van der Waals surface area contributed by atoms with Crippen molar-refractivity contribution in [3.05, 3.63) is 53.9 Å². The molecule has 0 unspecified atom stereocenters. The van der Waals surface area contributed by atoms with Gasteiger partial charge in [-0.1, -0.05) is 6.92 Å². The fourth-order valence-electron chi connectivity index (χ4n) is 3.00. The Morgan fingerprint density at radius 3 is 2.48 bits per heavy atom. The lowest BCUT2D eigenvalue weighted by Gasteiger charge is -2.11. The van der Waals surface area contributed by atoms with Crippen molar-refractivity contribution < 1.29 is 22.3 Å². The number of nitrogens with one attached hydrogen (secondary N) is 1. The molecular weight excluding hydrogens is 418 g/mol. The lowest BCUT2D eigenvalue weighted by atomic mass is 10.3. The van der Waals surface area contributed by atoms with Crippen molar-refractivity contribution >= 4 is 28.6 Å². The highest BCUT2D eigenvalue weighted by atomic mass is 19.3. The van der Waals surface area contributed by atoms with Gasteiger partial charge in [-0.25, -0.2) is 13.8 Å². The molecule has 0 fully saturated rings. The van der Waals surface area contributed by atoms with E-state index in [0.29, 0.717) is 17.9 Å². The first-order valence-corrected chi connectivity index (χ1v) is 9.04. The van der Waals surface area contributed by atoms with Gasteiger partial charge >= 0.3 is 6.61 Å². The van der Waals surface area contributed by atoms with E-state index in [1.165, 1.54) is 28.8 Å². The molecule has 160 valence electrons. The van der Waals surface area contributed by atoms with Gasteiger partial charge in [-0.3, -0.25) is 4.57 Å². The summed E-state index contributed by atoms with van der Waals surface area (Å²) in [6, 6.07) is 7.50. The fourth-order valence-corrected chi connectivity index (χ4v) is 3.00. The normalized spacial score (nSPS) is 11.3. The number of nitrogen functional groups attached to an aromatic ring is 1. The van der Waals surface area contributed by atoms with Crippen LogP contribution in [0.1, 0.15) is 12.7 Å². The largest absolute Gasteiger partial charge is 0.435 e. The highest BCUT2D eigenvalue weighted by Gasteiger charge is 2.19. The second-order valence-electron chi connectivity index (χ2n) is 6.32. The summed E-state index contributed by atoms with van der Waals surface area (Å²) < 4.78 is 58.3. The molecule has 2 heterocycles. The number of halogens is 4. The molecule has 4 aromatic rings. The standard InChI is InChI=1S/C19H15F4N7O/c1-2-14-26-15-12(21)7-9(20)8-13(15)30(14)19-28-17(24)27-18(29-19)25-10-3-5-11(6-4-10)31-16(22)23/h3-8,16H,2H2,1H3,(H3,24,25,27,28,29). The van der Waals surface area contributed by atoms with Crippen LogP contribution < -0.4 is 15.8 Å². The minimum atomic E-state index is -2.93. The monoisotopic (exact) mass is 433 g/mol. The molecule has 0 aliphatic carbocycles. The Balaban J connectivity index is 1.73. The molecule has 8 nitrogen and oxygen atoms in total. The van der Waals surface area contributed by atoms with Crippen LogP contribution in [-0.2, 0) is 6.42 Å². The molecule has 12 heteroatoms. The first kappa shape index (κ1) is 20.3. The highest BCUT2D eigenvalue weighted by molar-refractivity contribution is 5.78. The Morgan fingerprint density at radius 1 is 1.06 bits per heavy atom. The van der Waals surface area contributed by atoms with E-state index in [1.54, 1.807) is 6.92 Å². The van der Waals surface area contributed by atoms with Crippen LogP contribution >= 0.6 is 0 Å². The van der Waals surface area contributed by atoms with E-state index in [0.717, 1.165) is 12.1 Å². The second kappa shape index (κ2) is 8.05. The molecule has 2 aromatic carbocycles. The minimum absolute atomic E-state index is 0.0111. The predicted molar refractivity (Wildman–Crippen MR) is 105 cm³/mol. The Morgan fingerprint density at radius 2 is 1.81 bits per heavy atom. The van der Waals surface area contributed by atoms with E-state index in [1.807, 2.05) is 0 Å². The average molecular weight is 433 g/mol. The molecule has 0 radical (unpaired) electrons. The average Bonchev–Trinajstić information content (AvgIpc) is 3.07. The maximum atomic E-state index is 14.2. The van der Waals surface area contributed by atoms with Crippen LogP contribution in [0.4, 0.5) is 35.1 Å². The number of nitrogens with two attached hydrogens (primary N) is 1. The van der Waals surface area contributed by atoms with Gasteiger partial charge in [0.25, 0.3) is 0 Å². The molecule has 0 atom stereocenters. The Hall–Kier alpha value is -3.96. The zero-order valence-corrected chi connectivity index (χ0v) is 16.0. The molecule has 0 aliphatic heterocycles.